The van der Waals surface area contributed by atoms with E-state index in [1.54, 1.807) is 13.0 Å². The van der Waals surface area contributed by atoms with Crippen LogP contribution in [0, 0.1) is 5.82 Å². The lowest BCUT2D eigenvalue weighted by Crippen LogP contribution is -2.50. The molecule has 2 heterocycles. The van der Waals surface area contributed by atoms with E-state index < -0.39 is 43.8 Å². The summed E-state index contributed by atoms with van der Waals surface area (Å²) in [6.45, 7) is 1.55. The first-order chi connectivity index (χ1) is 18.2. The number of carbonyl (C=O) groups excluding carboxylic acids is 2. The van der Waals surface area contributed by atoms with Gasteiger partial charge in [0.05, 0.1) is 6.61 Å². The molecular formula is C29H24ClFO5S2. The fraction of sp³-hybridized carbons (Fsp3) is 0.241. The Morgan fingerprint density at radius 1 is 1.00 bits per heavy atom. The molecule has 0 aliphatic carbocycles. The summed E-state index contributed by atoms with van der Waals surface area (Å²) < 4.78 is 48.2. The van der Waals surface area contributed by atoms with Crippen LogP contribution in [0.25, 0.3) is 0 Å². The zero-order chi connectivity index (χ0) is 27.0. The van der Waals surface area contributed by atoms with Gasteiger partial charge in [-0.1, -0.05) is 54.1 Å². The molecule has 2 aliphatic rings. The van der Waals surface area contributed by atoms with E-state index in [2.05, 4.69) is 0 Å². The number of esters is 1. The topological polar surface area (TPSA) is 77.5 Å². The van der Waals surface area contributed by atoms with Gasteiger partial charge in [-0.05, 0) is 71.3 Å². The van der Waals surface area contributed by atoms with Crippen LogP contribution in [-0.4, -0.2) is 37.3 Å². The third kappa shape index (κ3) is 4.81. The van der Waals surface area contributed by atoms with Crippen molar-refractivity contribution in [3.63, 3.8) is 0 Å². The van der Waals surface area contributed by atoms with Crippen LogP contribution in [0.15, 0.2) is 89.3 Å². The van der Waals surface area contributed by atoms with Crippen LogP contribution < -0.4 is 0 Å². The molecule has 0 aromatic heterocycles. The summed E-state index contributed by atoms with van der Waals surface area (Å²) in [6, 6.07) is 21.2. The zero-order valence-electron chi connectivity index (χ0n) is 20.3. The van der Waals surface area contributed by atoms with E-state index >= 15 is 0 Å². The van der Waals surface area contributed by atoms with Gasteiger partial charge in [-0.2, -0.15) is 0 Å². The molecule has 0 N–H and O–H groups in total. The molecule has 0 amide bonds. The fourth-order valence-electron chi connectivity index (χ4n) is 5.20. The lowest BCUT2D eigenvalue weighted by molar-refractivity contribution is -0.142. The van der Waals surface area contributed by atoms with Crippen LogP contribution in [-0.2, 0) is 19.4 Å². The number of sulfone groups is 1. The van der Waals surface area contributed by atoms with Crippen molar-refractivity contribution < 1.29 is 27.1 Å². The van der Waals surface area contributed by atoms with Crippen molar-refractivity contribution in [1.29, 1.82) is 0 Å². The van der Waals surface area contributed by atoms with E-state index in [0.717, 1.165) is 5.56 Å². The van der Waals surface area contributed by atoms with Gasteiger partial charge in [-0.3, -0.25) is 9.59 Å². The Labute approximate surface area is 230 Å². The van der Waals surface area contributed by atoms with Crippen LogP contribution in [0.3, 0.4) is 0 Å². The van der Waals surface area contributed by atoms with E-state index in [1.807, 2.05) is 30.3 Å². The number of halogens is 2. The number of thioether (sulfide) groups is 1. The molecular weight excluding hydrogens is 547 g/mol. The number of carbonyl (C=O) groups is 2. The fourth-order valence-corrected chi connectivity index (χ4v) is 9.48. The van der Waals surface area contributed by atoms with Gasteiger partial charge in [0, 0.05) is 21.8 Å². The van der Waals surface area contributed by atoms with Crippen molar-refractivity contribution in [2.75, 3.05) is 6.61 Å². The molecule has 4 atom stereocenters. The number of hydrogen-bond acceptors (Lipinski definition) is 6. The summed E-state index contributed by atoms with van der Waals surface area (Å²) in [6.07, 6.45) is 0.300. The molecule has 9 heteroatoms. The van der Waals surface area contributed by atoms with Crippen LogP contribution in [0.5, 0.6) is 0 Å². The molecule has 0 unspecified atom stereocenters. The average molecular weight is 571 g/mol. The maximum absolute atomic E-state index is 14.4. The smallest absolute Gasteiger partial charge is 0.325 e. The number of Topliss-reactive ketones (excluding diaryl/α,β-unsaturated/α-hetero) is 1. The molecule has 0 bridgehead atoms. The second-order valence-corrected chi connectivity index (χ2v) is 13.0. The second-order valence-electron chi connectivity index (χ2n) is 9.16. The van der Waals surface area contributed by atoms with Gasteiger partial charge < -0.3 is 4.74 Å². The number of ether oxygens (including phenoxy) is 1. The van der Waals surface area contributed by atoms with E-state index in [4.69, 9.17) is 16.3 Å². The highest BCUT2D eigenvalue weighted by Crippen LogP contribution is 2.59. The van der Waals surface area contributed by atoms with Crippen molar-refractivity contribution in [2.24, 2.45) is 0 Å². The first-order valence-electron chi connectivity index (χ1n) is 12.1. The van der Waals surface area contributed by atoms with Crippen molar-refractivity contribution in [3.05, 3.63) is 117 Å². The van der Waals surface area contributed by atoms with Crippen molar-refractivity contribution in [1.82, 2.24) is 0 Å². The quantitative estimate of drug-likeness (QED) is 0.255. The molecule has 0 fully saturated rings. The first-order valence-corrected chi connectivity index (χ1v) is 15.0. The number of hydrogen-bond donors (Lipinski definition) is 0. The molecule has 2 aliphatic heterocycles. The second kappa shape index (κ2) is 10.7. The lowest BCUT2D eigenvalue weighted by atomic mass is 9.87. The van der Waals surface area contributed by atoms with Crippen LogP contribution in [0.1, 0.15) is 46.0 Å². The van der Waals surface area contributed by atoms with Gasteiger partial charge in [0.25, 0.3) is 0 Å². The van der Waals surface area contributed by atoms with E-state index in [1.165, 1.54) is 54.2 Å². The predicted molar refractivity (Wildman–Crippen MR) is 146 cm³/mol. The van der Waals surface area contributed by atoms with Crippen molar-refractivity contribution in [3.8, 4) is 0 Å². The van der Waals surface area contributed by atoms with Gasteiger partial charge in [-0.25, -0.2) is 12.8 Å². The molecule has 3 aromatic rings. The molecule has 3 aromatic carbocycles. The summed E-state index contributed by atoms with van der Waals surface area (Å²) in [7, 11) is -4.46. The average Bonchev–Trinajstić information content (AvgIpc) is 3.32. The summed E-state index contributed by atoms with van der Waals surface area (Å²) in [5, 5.41) is -3.04. The minimum atomic E-state index is -4.46. The number of benzene rings is 3. The molecule has 0 radical (unpaired) electrons. The number of allylic oxidation sites excluding steroid dienone is 1. The molecule has 5 rings (SSSR count). The molecule has 0 saturated carbocycles. The normalized spacial score (nSPS) is 24.1. The minimum Gasteiger partial charge on any atom is -0.465 e. The van der Waals surface area contributed by atoms with Crippen molar-refractivity contribution in [2.45, 2.75) is 35.0 Å². The molecule has 196 valence electrons. The molecule has 0 saturated heterocycles. The minimum absolute atomic E-state index is 0.0395. The van der Waals surface area contributed by atoms with Gasteiger partial charge in [-0.15, -0.1) is 11.8 Å². The molecule has 0 spiro atoms. The Morgan fingerprint density at radius 3 is 2.34 bits per heavy atom. The zero-order valence-corrected chi connectivity index (χ0v) is 22.7. The third-order valence-electron chi connectivity index (χ3n) is 6.84. The number of rotatable bonds is 6. The van der Waals surface area contributed by atoms with Crippen LogP contribution >= 0.6 is 23.4 Å². The number of ketones is 1. The standard InChI is InChI=1S/C29H24ClFO5S2/c1-2-36-29(33)28-24(19-9-6-10-21(31)15-19)26-22(16-23(37-26)17-7-4-3-5-8-17)27(38(28,34)35)25(32)18-11-13-20(30)14-12-18/h3-15,23-24,27-28H,2,16H2,1H3/t23-,24+,27+,28+/m0/s1. The Morgan fingerprint density at radius 2 is 1.68 bits per heavy atom. The highest BCUT2D eigenvalue weighted by atomic mass is 35.5. The Kier molecular flexibility index (Phi) is 7.49. The van der Waals surface area contributed by atoms with Crippen LogP contribution in [0.4, 0.5) is 4.39 Å². The highest BCUT2D eigenvalue weighted by molar-refractivity contribution is 8.04. The predicted octanol–water partition coefficient (Wildman–Crippen LogP) is 6.31. The summed E-state index contributed by atoms with van der Waals surface area (Å²) in [5.74, 6) is -3.13. The Bertz CT molecular complexity index is 1520. The SMILES string of the molecule is CCOC(=O)[C@H]1[C@H](c2cccc(F)c2)C2=C(C[C@@H](c3ccccc3)S2)[C@H](C(=O)c2ccc(Cl)cc2)S1(=O)=O. The summed E-state index contributed by atoms with van der Waals surface area (Å²) >= 11 is 7.43. The van der Waals surface area contributed by atoms with Crippen molar-refractivity contribution >= 4 is 45.0 Å². The van der Waals surface area contributed by atoms with Gasteiger partial charge in [0.2, 0.25) is 0 Å². The maximum atomic E-state index is 14.4. The third-order valence-corrected chi connectivity index (χ3v) is 10.9. The Hall–Kier alpha value is -2.94. The largest absolute Gasteiger partial charge is 0.465 e. The first kappa shape index (κ1) is 26.7. The maximum Gasteiger partial charge on any atom is 0.325 e. The lowest BCUT2D eigenvalue weighted by Gasteiger charge is -2.35. The highest BCUT2D eigenvalue weighted by Gasteiger charge is 2.57. The van der Waals surface area contributed by atoms with E-state index in [0.29, 0.717) is 27.5 Å². The molecule has 38 heavy (non-hydrogen) atoms. The van der Waals surface area contributed by atoms with Crippen LogP contribution in [0.2, 0.25) is 5.02 Å². The van der Waals surface area contributed by atoms with Gasteiger partial charge >= 0.3 is 5.97 Å². The Balaban J connectivity index is 1.72. The van der Waals surface area contributed by atoms with Gasteiger partial charge in [0.1, 0.15) is 11.1 Å². The summed E-state index contributed by atoms with van der Waals surface area (Å²) in [4.78, 5) is 27.8. The van der Waals surface area contributed by atoms with Gasteiger partial charge in [0.15, 0.2) is 20.9 Å². The van der Waals surface area contributed by atoms with E-state index in [-0.39, 0.29) is 17.4 Å². The summed E-state index contributed by atoms with van der Waals surface area (Å²) in [5.41, 5.74) is 1.93. The monoisotopic (exact) mass is 570 g/mol. The molecule has 5 nitrogen and oxygen atoms in total. The van der Waals surface area contributed by atoms with E-state index in [9.17, 15) is 22.4 Å².